The second-order valence-corrected chi connectivity index (χ2v) is 10.0. The fourth-order valence-corrected chi connectivity index (χ4v) is 8.51. The Kier molecular flexibility index (Phi) is 3.23. The van der Waals surface area contributed by atoms with Crippen LogP contribution in [0.3, 0.4) is 0 Å². The third-order valence-corrected chi connectivity index (χ3v) is 9.45. The number of hydrogen-bond donors (Lipinski definition) is 0. The van der Waals surface area contributed by atoms with Gasteiger partial charge in [-0.15, -0.1) is 0 Å². The van der Waals surface area contributed by atoms with Crippen molar-refractivity contribution in [3.05, 3.63) is 101 Å². The molecular weight excluding hydrogens is 355 g/mol. The van der Waals surface area contributed by atoms with Crippen LogP contribution in [0.2, 0.25) is 0 Å². The fourth-order valence-electron chi connectivity index (χ4n) is 3.91. The predicted molar refractivity (Wildman–Crippen MR) is 91.9 cm³/mol. The van der Waals surface area contributed by atoms with Crippen molar-refractivity contribution < 1.29 is 23.2 Å². The molecule has 1 heteroatoms. The first-order valence-electron chi connectivity index (χ1n) is 8.13. The molecule has 1 atom stereocenters. The summed E-state index contributed by atoms with van der Waals surface area (Å²) in [6, 6.07) is 27.0. The molecule has 0 heterocycles. The van der Waals surface area contributed by atoms with Gasteiger partial charge in [-0.05, 0) is 0 Å². The zero-order chi connectivity index (χ0) is 15.2. The Hall–Kier alpha value is -1.72. The summed E-state index contributed by atoms with van der Waals surface area (Å²) in [5.74, 6) is 0. The molecule has 5 rings (SSSR count). The van der Waals surface area contributed by atoms with Crippen molar-refractivity contribution >= 4 is 6.08 Å². The Morgan fingerprint density at radius 2 is 1.17 bits per heavy atom. The van der Waals surface area contributed by atoms with Crippen molar-refractivity contribution in [1.82, 2.24) is 0 Å². The number of benzene rings is 3. The van der Waals surface area contributed by atoms with E-state index in [1.165, 1.54) is 16.7 Å². The molecule has 2 aliphatic carbocycles. The first-order valence-corrected chi connectivity index (χ1v) is 11.0. The summed E-state index contributed by atoms with van der Waals surface area (Å²) in [6.07, 6.45) is 4.79. The van der Waals surface area contributed by atoms with Crippen LogP contribution in [0, 0.1) is 0 Å². The van der Waals surface area contributed by atoms with Crippen LogP contribution in [0.4, 0.5) is 0 Å². The van der Waals surface area contributed by atoms with Crippen LogP contribution >= 0.6 is 0 Å². The Morgan fingerprint density at radius 1 is 0.609 bits per heavy atom. The van der Waals surface area contributed by atoms with E-state index < -0.39 is 23.2 Å². The van der Waals surface area contributed by atoms with E-state index in [4.69, 9.17) is 0 Å². The SMILES string of the molecule is C1=C[CH]([Zr][CH]2c3ccccc3-c3ccccc32)c2ccccc21. The fraction of sp³-hybridized carbons (Fsp3) is 0.0909. The predicted octanol–water partition coefficient (Wildman–Crippen LogP) is 5.61. The number of allylic oxidation sites excluding steroid dienone is 1. The molecule has 0 nitrogen and oxygen atoms in total. The van der Waals surface area contributed by atoms with Gasteiger partial charge in [-0.25, -0.2) is 0 Å². The van der Waals surface area contributed by atoms with Crippen LogP contribution in [-0.4, -0.2) is 0 Å². The summed E-state index contributed by atoms with van der Waals surface area (Å²) in [4.78, 5) is 0. The van der Waals surface area contributed by atoms with Gasteiger partial charge in [0, 0.05) is 0 Å². The second-order valence-electron chi connectivity index (χ2n) is 6.24. The summed E-state index contributed by atoms with van der Waals surface area (Å²) in [5.41, 5.74) is 9.05. The van der Waals surface area contributed by atoms with Crippen LogP contribution in [0.1, 0.15) is 29.5 Å². The Morgan fingerprint density at radius 3 is 1.87 bits per heavy atom. The molecule has 23 heavy (non-hydrogen) atoms. The van der Waals surface area contributed by atoms with E-state index in [-0.39, 0.29) is 0 Å². The molecule has 0 N–H and O–H groups in total. The van der Waals surface area contributed by atoms with Crippen molar-refractivity contribution in [3.63, 3.8) is 0 Å². The van der Waals surface area contributed by atoms with Crippen molar-refractivity contribution in [1.29, 1.82) is 0 Å². The van der Waals surface area contributed by atoms with Gasteiger partial charge in [-0.1, -0.05) is 0 Å². The van der Waals surface area contributed by atoms with Crippen molar-refractivity contribution in [2.45, 2.75) is 7.25 Å². The molecule has 3 aromatic carbocycles. The third kappa shape index (κ3) is 2.14. The molecule has 1 unspecified atom stereocenters. The molecule has 0 bridgehead atoms. The van der Waals surface area contributed by atoms with Gasteiger partial charge in [-0.2, -0.15) is 0 Å². The van der Waals surface area contributed by atoms with Crippen molar-refractivity contribution in [3.8, 4) is 11.1 Å². The molecule has 0 aromatic heterocycles. The summed E-state index contributed by atoms with van der Waals surface area (Å²) >= 11 is -0.685. The number of hydrogen-bond acceptors (Lipinski definition) is 0. The molecule has 3 aromatic rings. The molecular formula is C22H16Zr. The Balaban J connectivity index is 1.58. The van der Waals surface area contributed by atoms with Crippen LogP contribution in [0.5, 0.6) is 0 Å². The summed E-state index contributed by atoms with van der Waals surface area (Å²) in [5, 5.41) is 0. The average Bonchev–Trinajstić information content (AvgIpc) is 3.16. The Labute approximate surface area is 148 Å². The normalized spacial score (nSPS) is 17.7. The average molecular weight is 372 g/mol. The molecule has 0 aliphatic heterocycles. The first kappa shape index (κ1) is 13.7. The quantitative estimate of drug-likeness (QED) is 0.549. The van der Waals surface area contributed by atoms with E-state index in [1.807, 2.05) is 0 Å². The van der Waals surface area contributed by atoms with E-state index in [1.54, 1.807) is 16.7 Å². The van der Waals surface area contributed by atoms with Crippen molar-refractivity contribution in [2.75, 3.05) is 0 Å². The zero-order valence-electron chi connectivity index (χ0n) is 12.7. The van der Waals surface area contributed by atoms with Gasteiger partial charge in [0.05, 0.1) is 0 Å². The van der Waals surface area contributed by atoms with Crippen LogP contribution in [-0.2, 0) is 23.2 Å². The van der Waals surface area contributed by atoms with Gasteiger partial charge < -0.3 is 0 Å². The second kappa shape index (κ2) is 5.43. The molecule has 0 saturated heterocycles. The molecule has 2 aliphatic rings. The molecule has 0 saturated carbocycles. The summed E-state index contributed by atoms with van der Waals surface area (Å²) in [7, 11) is 0. The zero-order valence-corrected chi connectivity index (χ0v) is 15.2. The molecule has 0 fully saturated rings. The van der Waals surface area contributed by atoms with Gasteiger partial charge in [0.1, 0.15) is 0 Å². The summed E-state index contributed by atoms with van der Waals surface area (Å²) in [6.45, 7) is 0. The minimum atomic E-state index is -0.685. The molecule has 0 amide bonds. The van der Waals surface area contributed by atoms with E-state index in [0.29, 0.717) is 7.25 Å². The number of rotatable bonds is 2. The van der Waals surface area contributed by atoms with E-state index in [0.717, 1.165) is 0 Å². The third-order valence-electron chi connectivity index (χ3n) is 4.98. The minimum absolute atomic E-state index is 0.673. The standard InChI is InChI=1S/C13H9.C9H7.Zr/c1-3-7-12-10(5-1)9-11-6-2-4-8-13(11)12;1-2-5-9-7-3-6-8(9)4-1;/h1-9H;1-7H;. The first-order chi connectivity index (χ1) is 11.4. The van der Waals surface area contributed by atoms with Gasteiger partial charge in [-0.3, -0.25) is 0 Å². The maximum absolute atomic E-state index is 2.46. The van der Waals surface area contributed by atoms with Gasteiger partial charge >= 0.3 is 149 Å². The summed E-state index contributed by atoms with van der Waals surface area (Å²) < 4.78 is 1.37. The monoisotopic (exact) mass is 370 g/mol. The van der Waals surface area contributed by atoms with Crippen LogP contribution in [0.25, 0.3) is 17.2 Å². The van der Waals surface area contributed by atoms with E-state index in [9.17, 15) is 0 Å². The Bertz CT molecular complexity index is 877. The van der Waals surface area contributed by atoms with E-state index in [2.05, 4.69) is 84.9 Å². The van der Waals surface area contributed by atoms with Crippen LogP contribution < -0.4 is 0 Å². The molecule has 0 spiro atoms. The van der Waals surface area contributed by atoms with E-state index >= 15 is 0 Å². The van der Waals surface area contributed by atoms with Gasteiger partial charge in [0.25, 0.3) is 0 Å². The van der Waals surface area contributed by atoms with Gasteiger partial charge in [0.2, 0.25) is 0 Å². The van der Waals surface area contributed by atoms with Crippen molar-refractivity contribution in [2.24, 2.45) is 0 Å². The number of fused-ring (bicyclic) bond motifs is 4. The van der Waals surface area contributed by atoms with Gasteiger partial charge in [0.15, 0.2) is 0 Å². The molecule has 0 radical (unpaired) electrons. The maximum atomic E-state index is 2.46. The molecule has 108 valence electrons. The van der Waals surface area contributed by atoms with Crippen LogP contribution in [0.15, 0.2) is 78.9 Å². The topological polar surface area (TPSA) is 0 Å².